The summed E-state index contributed by atoms with van der Waals surface area (Å²) in [7, 11) is 0. The molecule has 0 aromatic heterocycles. The maximum atomic E-state index is 5.46. The van der Waals surface area contributed by atoms with E-state index in [1.54, 1.807) is 0 Å². The Morgan fingerprint density at radius 1 is 1.45 bits per heavy atom. The van der Waals surface area contributed by atoms with E-state index in [0.717, 1.165) is 17.4 Å². The van der Waals surface area contributed by atoms with Crippen molar-refractivity contribution in [2.24, 2.45) is 5.73 Å². The van der Waals surface area contributed by atoms with E-state index in [-0.39, 0.29) is 0 Å². The van der Waals surface area contributed by atoms with Crippen molar-refractivity contribution < 1.29 is 0 Å². The third-order valence-electron chi connectivity index (χ3n) is 1.72. The highest BCUT2D eigenvalue weighted by Crippen LogP contribution is 2.15. The van der Waals surface area contributed by atoms with Crippen molar-refractivity contribution in [1.29, 1.82) is 0 Å². The summed E-state index contributed by atoms with van der Waals surface area (Å²) >= 11 is 3.42. The number of rotatable bonds is 2. The first-order valence-electron chi connectivity index (χ1n) is 3.69. The van der Waals surface area contributed by atoms with Gasteiger partial charge in [-0.15, -0.1) is 0 Å². The van der Waals surface area contributed by atoms with E-state index in [1.165, 1.54) is 11.1 Å². The van der Waals surface area contributed by atoms with Crippen LogP contribution in [0, 0.1) is 6.92 Å². The molecule has 1 rings (SSSR count). The fourth-order valence-corrected chi connectivity index (χ4v) is 1.57. The first kappa shape index (κ1) is 8.75. The van der Waals surface area contributed by atoms with Gasteiger partial charge >= 0.3 is 0 Å². The van der Waals surface area contributed by atoms with Gasteiger partial charge in [-0.2, -0.15) is 0 Å². The molecule has 0 atom stereocenters. The molecule has 0 unspecified atom stereocenters. The summed E-state index contributed by atoms with van der Waals surface area (Å²) < 4.78 is 1.13. The number of halogens is 1. The molecule has 0 saturated heterocycles. The van der Waals surface area contributed by atoms with E-state index in [4.69, 9.17) is 5.73 Å². The molecular formula is C9H12BrN. The van der Waals surface area contributed by atoms with E-state index in [1.807, 2.05) is 0 Å². The maximum Gasteiger partial charge on any atom is 0.0178 e. The lowest BCUT2D eigenvalue weighted by Gasteiger charge is -2.03. The zero-order valence-corrected chi connectivity index (χ0v) is 8.19. The van der Waals surface area contributed by atoms with Crippen LogP contribution in [0.4, 0.5) is 0 Å². The average molecular weight is 214 g/mol. The Kier molecular flexibility index (Phi) is 3.09. The Morgan fingerprint density at radius 3 is 2.73 bits per heavy atom. The van der Waals surface area contributed by atoms with Gasteiger partial charge in [-0.1, -0.05) is 22.0 Å². The van der Waals surface area contributed by atoms with Crippen molar-refractivity contribution in [3.63, 3.8) is 0 Å². The number of nitrogens with two attached hydrogens (primary N) is 1. The Morgan fingerprint density at radius 2 is 2.18 bits per heavy atom. The molecule has 0 aliphatic carbocycles. The highest BCUT2D eigenvalue weighted by atomic mass is 79.9. The van der Waals surface area contributed by atoms with Crippen molar-refractivity contribution in [1.82, 2.24) is 0 Å². The molecule has 1 aromatic rings. The summed E-state index contributed by atoms with van der Waals surface area (Å²) in [5, 5.41) is 0. The normalized spacial score (nSPS) is 10.1. The average Bonchev–Trinajstić information content (AvgIpc) is 1.95. The maximum absolute atomic E-state index is 5.46. The van der Waals surface area contributed by atoms with Gasteiger partial charge in [-0.25, -0.2) is 0 Å². The van der Waals surface area contributed by atoms with E-state index in [2.05, 4.69) is 41.1 Å². The van der Waals surface area contributed by atoms with Gasteiger partial charge < -0.3 is 5.73 Å². The molecule has 60 valence electrons. The summed E-state index contributed by atoms with van der Waals surface area (Å²) in [6.07, 6.45) is 0.971. The van der Waals surface area contributed by atoms with Crippen molar-refractivity contribution in [2.75, 3.05) is 6.54 Å². The monoisotopic (exact) mass is 213 g/mol. The Bertz CT molecular complexity index is 245. The summed E-state index contributed by atoms with van der Waals surface area (Å²) in [5.41, 5.74) is 8.11. The second-order valence-electron chi connectivity index (χ2n) is 2.61. The van der Waals surface area contributed by atoms with Gasteiger partial charge in [0, 0.05) is 4.47 Å². The third kappa shape index (κ3) is 2.31. The fraction of sp³-hybridized carbons (Fsp3) is 0.333. The molecule has 0 heterocycles. The molecule has 11 heavy (non-hydrogen) atoms. The standard InChI is InChI=1S/C9H12BrN/c1-7-6-9(10)3-2-8(7)4-5-11/h2-3,6H,4-5,11H2,1H3. The van der Waals surface area contributed by atoms with E-state index in [0.29, 0.717) is 0 Å². The van der Waals surface area contributed by atoms with Gasteiger partial charge in [0.2, 0.25) is 0 Å². The van der Waals surface area contributed by atoms with Crippen LogP contribution in [-0.2, 0) is 6.42 Å². The smallest absolute Gasteiger partial charge is 0.0178 e. The van der Waals surface area contributed by atoms with E-state index in [9.17, 15) is 0 Å². The third-order valence-corrected chi connectivity index (χ3v) is 2.21. The zero-order chi connectivity index (χ0) is 8.27. The Balaban J connectivity index is 2.90. The SMILES string of the molecule is Cc1cc(Br)ccc1CCN. The highest BCUT2D eigenvalue weighted by molar-refractivity contribution is 9.10. The van der Waals surface area contributed by atoms with Crippen molar-refractivity contribution >= 4 is 15.9 Å². The molecule has 2 heteroatoms. The van der Waals surface area contributed by atoms with Gasteiger partial charge in [0.05, 0.1) is 0 Å². The Labute approximate surface area is 75.7 Å². The Hall–Kier alpha value is -0.340. The molecule has 0 aliphatic rings. The molecule has 0 saturated carbocycles. The van der Waals surface area contributed by atoms with Gasteiger partial charge in [0.25, 0.3) is 0 Å². The second kappa shape index (κ2) is 3.88. The van der Waals surface area contributed by atoms with E-state index < -0.39 is 0 Å². The highest BCUT2D eigenvalue weighted by Gasteiger charge is 1.96. The van der Waals surface area contributed by atoms with Crippen molar-refractivity contribution in [3.8, 4) is 0 Å². The number of aryl methyl sites for hydroxylation is 1. The van der Waals surface area contributed by atoms with Gasteiger partial charge in [0.15, 0.2) is 0 Å². The number of hydrogen-bond donors (Lipinski definition) is 1. The molecule has 2 N–H and O–H groups in total. The molecule has 1 nitrogen and oxygen atoms in total. The second-order valence-corrected chi connectivity index (χ2v) is 3.53. The van der Waals surface area contributed by atoms with Crippen LogP contribution in [0.25, 0.3) is 0 Å². The van der Waals surface area contributed by atoms with Crippen molar-refractivity contribution in [2.45, 2.75) is 13.3 Å². The van der Waals surface area contributed by atoms with Crippen molar-refractivity contribution in [3.05, 3.63) is 33.8 Å². The molecule has 0 spiro atoms. The lowest BCUT2D eigenvalue weighted by Crippen LogP contribution is -2.03. The zero-order valence-electron chi connectivity index (χ0n) is 6.60. The predicted molar refractivity (Wildman–Crippen MR) is 51.6 cm³/mol. The molecular weight excluding hydrogens is 202 g/mol. The molecule has 0 bridgehead atoms. The molecule has 0 fully saturated rings. The summed E-state index contributed by atoms with van der Waals surface area (Å²) in [6, 6.07) is 6.29. The fourth-order valence-electron chi connectivity index (χ4n) is 1.10. The van der Waals surface area contributed by atoms with E-state index >= 15 is 0 Å². The largest absolute Gasteiger partial charge is 0.330 e. The lowest BCUT2D eigenvalue weighted by atomic mass is 10.1. The van der Waals surface area contributed by atoms with Crippen LogP contribution in [0.5, 0.6) is 0 Å². The van der Waals surface area contributed by atoms with Crippen LogP contribution in [-0.4, -0.2) is 6.54 Å². The van der Waals surface area contributed by atoms with Gasteiger partial charge in [-0.05, 0) is 43.1 Å². The minimum atomic E-state index is 0.725. The minimum Gasteiger partial charge on any atom is -0.330 e. The van der Waals surface area contributed by atoms with Crippen LogP contribution < -0.4 is 5.73 Å². The lowest BCUT2D eigenvalue weighted by molar-refractivity contribution is 0.957. The van der Waals surface area contributed by atoms with Crippen LogP contribution >= 0.6 is 15.9 Å². The molecule has 0 amide bonds. The number of benzene rings is 1. The summed E-state index contributed by atoms with van der Waals surface area (Å²) in [5.74, 6) is 0. The first-order valence-corrected chi connectivity index (χ1v) is 4.48. The molecule has 0 radical (unpaired) electrons. The van der Waals surface area contributed by atoms with Gasteiger partial charge in [0.1, 0.15) is 0 Å². The van der Waals surface area contributed by atoms with Crippen LogP contribution in [0.15, 0.2) is 22.7 Å². The first-order chi connectivity index (χ1) is 5.24. The quantitative estimate of drug-likeness (QED) is 0.802. The predicted octanol–water partition coefficient (Wildman–Crippen LogP) is 2.26. The topological polar surface area (TPSA) is 26.0 Å². The summed E-state index contributed by atoms with van der Waals surface area (Å²) in [6.45, 7) is 2.83. The number of hydrogen-bond acceptors (Lipinski definition) is 1. The summed E-state index contributed by atoms with van der Waals surface area (Å²) in [4.78, 5) is 0. The molecule has 0 aliphatic heterocycles. The van der Waals surface area contributed by atoms with Crippen LogP contribution in [0.2, 0.25) is 0 Å². The molecule has 1 aromatic carbocycles. The van der Waals surface area contributed by atoms with Crippen LogP contribution in [0.3, 0.4) is 0 Å². The van der Waals surface area contributed by atoms with Crippen LogP contribution in [0.1, 0.15) is 11.1 Å². The van der Waals surface area contributed by atoms with Gasteiger partial charge in [-0.3, -0.25) is 0 Å². The minimum absolute atomic E-state index is 0.725.